The molecule has 2 heterocycles. The zero-order valence-electron chi connectivity index (χ0n) is 7.68. The van der Waals surface area contributed by atoms with Gasteiger partial charge in [0.25, 0.3) is 0 Å². The lowest BCUT2D eigenvalue weighted by Crippen LogP contribution is -1.97. The average Bonchev–Trinajstić information content (AvgIpc) is 2.75. The monoisotopic (exact) mass is 208 g/mol. The minimum atomic E-state index is 0.479. The maximum Gasteiger partial charge on any atom is 0.178 e. The molecule has 0 N–H and O–H groups in total. The zero-order valence-corrected chi connectivity index (χ0v) is 8.44. The molecule has 5 heteroatoms. The van der Waals surface area contributed by atoms with Crippen molar-refractivity contribution >= 4 is 17.2 Å². The molecule has 0 amide bonds. The number of halogens is 1. The standard InChI is InChI=1S/C9H9ClN4/c1-5-4-6(5)9-12-11-8-3-2-7(10)13-14(8)9/h2-3,5-6H,4H2,1H3/t5-,6+/m1/s1. The van der Waals surface area contributed by atoms with E-state index in [4.69, 9.17) is 11.6 Å². The SMILES string of the molecule is C[C@@H]1C[C@@H]1c1nnc2ccc(Cl)nn12. The number of nitrogens with zero attached hydrogens (tertiary/aromatic N) is 4. The summed E-state index contributed by atoms with van der Waals surface area (Å²) in [6.45, 7) is 2.20. The summed E-state index contributed by atoms with van der Waals surface area (Å²) in [5, 5.41) is 12.9. The molecule has 4 nitrogen and oxygen atoms in total. The molecule has 2 aromatic rings. The molecule has 0 spiro atoms. The second-order valence-electron chi connectivity index (χ2n) is 3.80. The summed E-state index contributed by atoms with van der Waals surface area (Å²) >= 11 is 5.82. The minimum absolute atomic E-state index is 0.479. The summed E-state index contributed by atoms with van der Waals surface area (Å²) in [7, 11) is 0. The van der Waals surface area contributed by atoms with Crippen LogP contribution in [0.3, 0.4) is 0 Å². The topological polar surface area (TPSA) is 43.1 Å². The van der Waals surface area contributed by atoms with Gasteiger partial charge < -0.3 is 0 Å². The van der Waals surface area contributed by atoms with Gasteiger partial charge in [0.05, 0.1) is 0 Å². The highest BCUT2D eigenvalue weighted by atomic mass is 35.5. The van der Waals surface area contributed by atoms with Crippen LogP contribution in [-0.2, 0) is 0 Å². The second kappa shape index (κ2) is 2.67. The van der Waals surface area contributed by atoms with Crippen molar-refractivity contribution in [2.75, 3.05) is 0 Å². The maximum absolute atomic E-state index is 5.82. The summed E-state index contributed by atoms with van der Waals surface area (Å²) in [6, 6.07) is 3.56. The first kappa shape index (κ1) is 8.17. The van der Waals surface area contributed by atoms with Crippen molar-refractivity contribution in [3.8, 4) is 0 Å². The molecular formula is C9H9ClN4. The van der Waals surface area contributed by atoms with Gasteiger partial charge in [-0.05, 0) is 24.5 Å². The normalized spacial score (nSPS) is 25.6. The summed E-state index contributed by atoms with van der Waals surface area (Å²) in [4.78, 5) is 0. The van der Waals surface area contributed by atoms with E-state index in [0.717, 1.165) is 11.5 Å². The van der Waals surface area contributed by atoms with Gasteiger partial charge in [-0.2, -0.15) is 9.61 Å². The second-order valence-corrected chi connectivity index (χ2v) is 4.19. The van der Waals surface area contributed by atoms with E-state index < -0.39 is 0 Å². The van der Waals surface area contributed by atoms with Gasteiger partial charge in [0, 0.05) is 5.92 Å². The number of hydrogen-bond donors (Lipinski definition) is 0. The van der Waals surface area contributed by atoms with Crippen LogP contribution in [-0.4, -0.2) is 19.8 Å². The Labute approximate surface area is 85.9 Å². The van der Waals surface area contributed by atoms with E-state index in [1.54, 1.807) is 10.6 Å². The van der Waals surface area contributed by atoms with Crippen molar-refractivity contribution < 1.29 is 0 Å². The first-order valence-corrected chi connectivity index (χ1v) is 5.01. The van der Waals surface area contributed by atoms with Gasteiger partial charge in [0.2, 0.25) is 0 Å². The van der Waals surface area contributed by atoms with E-state index in [2.05, 4.69) is 22.2 Å². The van der Waals surface area contributed by atoms with Crippen LogP contribution in [0.15, 0.2) is 12.1 Å². The van der Waals surface area contributed by atoms with Crippen molar-refractivity contribution in [3.63, 3.8) is 0 Å². The highest BCUT2D eigenvalue weighted by molar-refractivity contribution is 6.29. The van der Waals surface area contributed by atoms with Crippen LogP contribution in [0.1, 0.15) is 25.1 Å². The van der Waals surface area contributed by atoms with Crippen molar-refractivity contribution in [2.24, 2.45) is 5.92 Å². The van der Waals surface area contributed by atoms with Crippen LogP contribution in [0.25, 0.3) is 5.65 Å². The van der Waals surface area contributed by atoms with E-state index in [9.17, 15) is 0 Å². The van der Waals surface area contributed by atoms with Crippen LogP contribution in [0.2, 0.25) is 5.15 Å². The minimum Gasteiger partial charge on any atom is -0.196 e. The third-order valence-electron chi connectivity index (χ3n) is 2.70. The van der Waals surface area contributed by atoms with Crippen LogP contribution < -0.4 is 0 Å². The molecule has 72 valence electrons. The molecule has 14 heavy (non-hydrogen) atoms. The number of rotatable bonds is 1. The van der Waals surface area contributed by atoms with Gasteiger partial charge in [0.1, 0.15) is 5.15 Å². The molecule has 0 saturated heterocycles. The van der Waals surface area contributed by atoms with Crippen LogP contribution in [0.5, 0.6) is 0 Å². The van der Waals surface area contributed by atoms with Crippen molar-refractivity contribution in [1.29, 1.82) is 0 Å². The fraction of sp³-hybridized carbons (Fsp3) is 0.444. The molecule has 0 bridgehead atoms. The predicted octanol–water partition coefficient (Wildman–Crippen LogP) is 1.90. The molecule has 3 rings (SSSR count). The van der Waals surface area contributed by atoms with E-state index >= 15 is 0 Å². The Balaban J connectivity index is 2.19. The number of aromatic nitrogens is 4. The summed E-state index contributed by atoms with van der Waals surface area (Å²) in [5.41, 5.74) is 0.767. The van der Waals surface area contributed by atoms with E-state index in [0.29, 0.717) is 17.0 Å². The Morgan fingerprint density at radius 3 is 2.93 bits per heavy atom. The molecule has 1 aliphatic rings. The molecule has 0 aromatic carbocycles. The van der Waals surface area contributed by atoms with Gasteiger partial charge in [0.15, 0.2) is 11.5 Å². The Morgan fingerprint density at radius 2 is 2.21 bits per heavy atom. The smallest absolute Gasteiger partial charge is 0.178 e. The van der Waals surface area contributed by atoms with Crippen molar-refractivity contribution in [2.45, 2.75) is 19.3 Å². The lowest BCUT2D eigenvalue weighted by molar-refractivity contribution is 0.776. The molecular weight excluding hydrogens is 200 g/mol. The zero-order chi connectivity index (χ0) is 9.71. The predicted molar refractivity (Wildman–Crippen MR) is 52.3 cm³/mol. The van der Waals surface area contributed by atoms with Gasteiger partial charge >= 0.3 is 0 Å². The van der Waals surface area contributed by atoms with Gasteiger partial charge in [-0.25, -0.2) is 0 Å². The van der Waals surface area contributed by atoms with Crippen molar-refractivity contribution in [3.05, 3.63) is 23.1 Å². The highest BCUT2D eigenvalue weighted by Gasteiger charge is 2.38. The van der Waals surface area contributed by atoms with Crippen LogP contribution in [0, 0.1) is 5.92 Å². The lowest BCUT2D eigenvalue weighted by Gasteiger charge is -1.96. The van der Waals surface area contributed by atoms with Crippen molar-refractivity contribution in [1.82, 2.24) is 19.8 Å². The van der Waals surface area contributed by atoms with Gasteiger partial charge in [-0.1, -0.05) is 18.5 Å². The van der Waals surface area contributed by atoms with E-state index in [1.165, 1.54) is 6.42 Å². The molecule has 1 aliphatic carbocycles. The van der Waals surface area contributed by atoms with Gasteiger partial charge in [-0.3, -0.25) is 0 Å². The van der Waals surface area contributed by atoms with Gasteiger partial charge in [-0.15, -0.1) is 10.2 Å². The quantitative estimate of drug-likeness (QED) is 0.719. The molecule has 0 radical (unpaired) electrons. The first-order valence-electron chi connectivity index (χ1n) is 4.63. The highest BCUT2D eigenvalue weighted by Crippen LogP contribution is 2.45. The first-order chi connectivity index (χ1) is 6.75. The Kier molecular flexibility index (Phi) is 1.56. The lowest BCUT2D eigenvalue weighted by atomic mass is 10.3. The third-order valence-corrected chi connectivity index (χ3v) is 2.90. The molecule has 1 fully saturated rings. The van der Waals surface area contributed by atoms with Crippen LogP contribution in [0.4, 0.5) is 0 Å². The molecule has 0 unspecified atom stereocenters. The molecule has 2 atom stereocenters. The summed E-state index contributed by atoms with van der Waals surface area (Å²) in [5.74, 6) is 2.15. The maximum atomic E-state index is 5.82. The number of hydrogen-bond acceptors (Lipinski definition) is 3. The Hall–Kier alpha value is -1.16. The average molecular weight is 209 g/mol. The van der Waals surface area contributed by atoms with E-state index in [-0.39, 0.29) is 0 Å². The fourth-order valence-electron chi connectivity index (χ4n) is 1.70. The number of fused-ring (bicyclic) bond motifs is 1. The van der Waals surface area contributed by atoms with E-state index in [1.807, 2.05) is 6.07 Å². The fourth-order valence-corrected chi connectivity index (χ4v) is 1.83. The Bertz CT molecular complexity index is 493. The largest absolute Gasteiger partial charge is 0.196 e. The van der Waals surface area contributed by atoms with Crippen LogP contribution >= 0.6 is 11.6 Å². The third kappa shape index (κ3) is 1.10. The molecule has 0 aliphatic heterocycles. The molecule has 2 aromatic heterocycles. The molecule has 1 saturated carbocycles. The summed E-state index contributed by atoms with van der Waals surface area (Å²) < 4.78 is 1.75. The Morgan fingerprint density at radius 1 is 1.43 bits per heavy atom. The summed E-state index contributed by atoms with van der Waals surface area (Å²) in [6.07, 6.45) is 1.18.